The number of hydrogen-bond donors (Lipinski definition) is 3. The maximum atomic E-state index is 11.9. The van der Waals surface area contributed by atoms with E-state index in [1.807, 2.05) is 6.92 Å². The van der Waals surface area contributed by atoms with Crippen LogP contribution in [0, 0.1) is 17.8 Å². The minimum atomic E-state index is -0.338. The zero-order chi connectivity index (χ0) is 11.7. The highest BCUT2D eigenvalue weighted by atomic mass is 16.4. The van der Waals surface area contributed by atoms with E-state index in [9.17, 15) is 4.79 Å². The Kier molecular flexibility index (Phi) is 3.03. The van der Waals surface area contributed by atoms with Gasteiger partial charge in [-0.3, -0.25) is 4.79 Å². The standard InChI is InChI=1S/C11H19N3O2/c1-2-9(10(12)14-16)13-11(15)8-4-6-3-7(6)5-8/h6-9,16H,2-5H2,1H3,(H2,12,14)(H,13,15). The van der Waals surface area contributed by atoms with Crippen molar-refractivity contribution in [3.63, 3.8) is 0 Å². The van der Waals surface area contributed by atoms with Crippen LogP contribution in [-0.4, -0.2) is 23.0 Å². The Balaban J connectivity index is 1.85. The first kappa shape index (κ1) is 11.2. The summed E-state index contributed by atoms with van der Waals surface area (Å²) in [5.74, 6) is 1.87. The van der Waals surface area contributed by atoms with Gasteiger partial charge in [0.05, 0.1) is 6.04 Å². The highest BCUT2D eigenvalue weighted by molar-refractivity contribution is 5.90. The lowest BCUT2D eigenvalue weighted by Crippen LogP contribution is -2.46. The van der Waals surface area contributed by atoms with Crippen LogP contribution in [0.5, 0.6) is 0 Å². The van der Waals surface area contributed by atoms with Crippen LogP contribution < -0.4 is 11.1 Å². The molecule has 3 atom stereocenters. The van der Waals surface area contributed by atoms with Crippen molar-refractivity contribution < 1.29 is 10.0 Å². The van der Waals surface area contributed by atoms with Crippen molar-refractivity contribution in [3.05, 3.63) is 0 Å². The van der Waals surface area contributed by atoms with E-state index in [4.69, 9.17) is 10.9 Å². The molecule has 4 N–H and O–H groups in total. The third kappa shape index (κ3) is 2.13. The summed E-state index contributed by atoms with van der Waals surface area (Å²) in [7, 11) is 0. The third-order valence-electron chi connectivity index (χ3n) is 3.81. The Morgan fingerprint density at radius 1 is 1.50 bits per heavy atom. The fraction of sp³-hybridized carbons (Fsp3) is 0.818. The van der Waals surface area contributed by atoms with Gasteiger partial charge < -0.3 is 16.3 Å². The van der Waals surface area contributed by atoms with E-state index in [0.717, 1.165) is 24.7 Å². The molecule has 0 aliphatic heterocycles. The largest absolute Gasteiger partial charge is 0.409 e. The van der Waals surface area contributed by atoms with E-state index in [-0.39, 0.29) is 23.7 Å². The number of nitrogens with two attached hydrogens (primary N) is 1. The molecule has 5 heteroatoms. The van der Waals surface area contributed by atoms with Crippen LogP contribution in [0.15, 0.2) is 5.16 Å². The fourth-order valence-corrected chi connectivity index (χ4v) is 2.67. The smallest absolute Gasteiger partial charge is 0.223 e. The molecule has 2 saturated carbocycles. The van der Waals surface area contributed by atoms with Gasteiger partial charge in [0.15, 0.2) is 5.84 Å². The molecule has 0 saturated heterocycles. The van der Waals surface area contributed by atoms with Crippen LogP contribution in [0.4, 0.5) is 0 Å². The number of rotatable bonds is 4. The van der Waals surface area contributed by atoms with Gasteiger partial charge in [-0.25, -0.2) is 0 Å². The Bertz CT molecular complexity index is 306. The number of nitrogens with zero attached hydrogens (tertiary/aromatic N) is 1. The molecule has 3 unspecified atom stereocenters. The van der Waals surface area contributed by atoms with E-state index in [1.165, 1.54) is 6.42 Å². The average Bonchev–Trinajstić information content (AvgIpc) is 2.91. The van der Waals surface area contributed by atoms with Crippen molar-refractivity contribution >= 4 is 11.7 Å². The van der Waals surface area contributed by atoms with Gasteiger partial charge in [0.1, 0.15) is 0 Å². The molecule has 0 aromatic rings. The predicted molar refractivity (Wildman–Crippen MR) is 60.0 cm³/mol. The Labute approximate surface area is 95.1 Å². The third-order valence-corrected chi connectivity index (χ3v) is 3.81. The van der Waals surface area contributed by atoms with Crippen LogP contribution in [0.25, 0.3) is 0 Å². The van der Waals surface area contributed by atoms with Gasteiger partial charge in [-0.1, -0.05) is 12.1 Å². The molecule has 2 aliphatic rings. The molecule has 0 heterocycles. The quantitative estimate of drug-likeness (QED) is 0.284. The van der Waals surface area contributed by atoms with Crippen molar-refractivity contribution in [2.24, 2.45) is 28.6 Å². The van der Waals surface area contributed by atoms with Crippen LogP contribution in [0.1, 0.15) is 32.6 Å². The van der Waals surface area contributed by atoms with Crippen LogP contribution in [0.3, 0.4) is 0 Å². The summed E-state index contributed by atoms with van der Waals surface area (Å²) >= 11 is 0. The number of nitrogens with one attached hydrogen (secondary N) is 1. The summed E-state index contributed by atoms with van der Waals surface area (Å²) in [4.78, 5) is 11.9. The molecule has 0 aromatic heterocycles. The van der Waals surface area contributed by atoms with Crippen molar-refractivity contribution in [2.45, 2.75) is 38.6 Å². The van der Waals surface area contributed by atoms with Gasteiger partial charge in [-0.2, -0.15) is 0 Å². The van der Waals surface area contributed by atoms with E-state index in [0.29, 0.717) is 6.42 Å². The zero-order valence-corrected chi connectivity index (χ0v) is 9.52. The molecule has 0 spiro atoms. The first-order valence-corrected chi connectivity index (χ1v) is 5.93. The van der Waals surface area contributed by atoms with Crippen LogP contribution in [-0.2, 0) is 4.79 Å². The Morgan fingerprint density at radius 3 is 2.62 bits per heavy atom. The number of fused-ring (bicyclic) bond motifs is 1. The number of amides is 1. The number of carbonyl (C=O) groups is 1. The predicted octanol–water partition coefficient (Wildman–Crippen LogP) is 0.674. The lowest BCUT2D eigenvalue weighted by molar-refractivity contribution is -0.125. The molecule has 1 amide bonds. The summed E-state index contributed by atoms with van der Waals surface area (Å²) in [6.45, 7) is 1.90. The van der Waals surface area contributed by atoms with Gasteiger partial charge in [0.25, 0.3) is 0 Å². The van der Waals surface area contributed by atoms with Gasteiger partial charge >= 0.3 is 0 Å². The minimum absolute atomic E-state index is 0.0608. The molecule has 0 bridgehead atoms. The summed E-state index contributed by atoms with van der Waals surface area (Å²) in [6.07, 6.45) is 3.98. The summed E-state index contributed by atoms with van der Waals surface area (Å²) in [5.41, 5.74) is 5.50. The zero-order valence-electron chi connectivity index (χ0n) is 9.52. The Morgan fingerprint density at radius 2 is 2.12 bits per heavy atom. The highest BCUT2D eigenvalue weighted by Crippen LogP contribution is 2.54. The molecule has 90 valence electrons. The first-order valence-electron chi connectivity index (χ1n) is 5.93. The summed E-state index contributed by atoms with van der Waals surface area (Å²) in [5, 5.41) is 14.4. The second-order valence-corrected chi connectivity index (χ2v) is 4.92. The number of hydrogen-bond acceptors (Lipinski definition) is 3. The maximum absolute atomic E-state index is 11.9. The maximum Gasteiger partial charge on any atom is 0.223 e. The number of carbonyl (C=O) groups excluding carboxylic acids is 1. The van der Waals surface area contributed by atoms with E-state index in [1.54, 1.807) is 0 Å². The molecule has 2 fully saturated rings. The molecule has 2 aliphatic carbocycles. The summed E-state index contributed by atoms with van der Waals surface area (Å²) < 4.78 is 0. The van der Waals surface area contributed by atoms with Gasteiger partial charge in [-0.15, -0.1) is 0 Å². The van der Waals surface area contributed by atoms with E-state index >= 15 is 0 Å². The van der Waals surface area contributed by atoms with Gasteiger partial charge in [0.2, 0.25) is 5.91 Å². The average molecular weight is 225 g/mol. The highest BCUT2D eigenvalue weighted by Gasteiger charge is 2.48. The molecule has 0 aromatic carbocycles. The number of oxime groups is 1. The van der Waals surface area contributed by atoms with Gasteiger partial charge in [0, 0.05) is 5.92 Å². The molecular weight excluding hydrogens is 206 g/mol. The first-order chi connectivity index (χ1) is 7.65. The topological polar surface area (TPSA) is 87.7 Å². The normalized spacial score (nSPS) is 34.3. The van der Waals surface area contributed by atoms with Crippen molar-refractivity contribution in [3.8, 4) is 0 Å². The molecule has 16 heavy (non-hydrogen) atoms. The van der Waals surface area contributed by atoms with Crippen molar-refractivity contribution in [1.29, 1.82) is 0 Å². The molecule has 5 nitrogen and oxygen atoms in total. The van der Waals surface area contributed by atoms with Crippen LogP contribution >= 0.6 is 0 Å². The molecule has 0 radical (unpaired) electrons. The van der Waals surface area contributed by atoms with E-state index in [2.05, 4.69) is 10.5 Å². The molecule has 2 rings (SSSR count). The monoisotopic (exact) mass is 225 g/mol. The lowest BCUT2D eigenvalue weighted by Gasteiger charge is -2.18. The number of amidine groups is 1. The minimum Gasteiger partial charge on any atom is -0.409 e. The summed E-state index contributed by atoms with van der Waals surface area (Å²) in [6, 6.07) is -0.338. The Hall–Kier alpha value is -1.26. The SMILES string of the molecule is CCC(NC(=O)C1CC2CC2C1)C(N)=NO. The van der Waals surface area contributed by atoms with Crippen LogP contribution in [0.2, 0.25) is 0 Å². The second-order valence-electron chi connectivity index (χ2n) is 4.92. The fourth-order valence-electron chi connectivity index (χ4n) is 2.67. The van der Waals surface area contributed by atoms with Gasteiger partial charge in [-0.05, 0) is 37.5 Å². The lowest BCUT2D eigenvalue weighted by atomic mass is 10.0. The second kappa shape index (κ2) is 4.31. The van der Waals surface area contributed by atoms with Crippen molar-refractivity contribution in [1.82, 2.24) is 5.32 Å². The molecular formula is C11H19N3O2. The van der Waals surface area contributed by atoms with E-state index < -0.39 is 0 Å². The van der Waals surface area contributed by atoms with Crippen molar-refractivity contribution in [2.75, 3.05) is 0 Å².